The number of benzene rings is 3. The molecule has 1 heterocycles. The topological polar surface area (TPSA) is 59.3 Å². The Morgan fingerprint density at radius 3 is 2.31 bits per heavy atom. The fourth-order valence-corrected chi connectivity index (χ4v) is 3.43. The Kier molecular flexibility index (Phi) is 5.78. The molecule has 32 heavy (non-hydrogen) atoms. The van der Waals surface area contributed by atoms with Crippen molar-refractivity contribution in [1.82, 2.24) is 0 Å². The van der Waals surface area contributed by atoms with Crippen LogP contribution in [0.3, 0.4) is 0 Å². The lowest BCUT2D eigenvalue weighted by Gasteiger charge is -2.19. The van der Waals surface area contributed by atoms with Crippen molar-refractivity contribution in [3.05, 3.63) is 106 Å². The first-order valence-corrected chi connectivity index (χ1v) is 10.5. The van der Waals surface area contributed by atoms with Crippen LogP contribution in [0, 0.1) is 0 Å². The Morgan fingerprint density at radius 2 is 1.62 bits per heavy atom. The van der Waals surface area contributed by atoms with E-state index in [1.54, 1.807) is 24.3 Å². The molecule has 0 atom stereocenters. The average molecular weight is 424 g/mol. The number of rotatable bonds is 4. The summed E-state index contributed by atoms with van der Waals surface area (Å²) in [6, 6.07) is 24.2. The molecule has 0 aliphatic heterocycles. The van der Waals surface area contributed by atoms with Crippen molar-refractivity contribution in [3.8, 4) is 11.3 Å². The molecule has 1 amide bonds. The van der Waals surface area contributed by atoms with Gasteiger partial charge in [-0.1, -0.05) is 75.4 Å². The molecule has 0 aliphatic carbocycles. The highest BCUT2D eigenvalue weighted by molar-refractivity contribution is 6.02. The standard InChI is InChI=1S/C28H25NO3/c1-28(2,3)21-12-10-20(11-13-21)25-18-24(30)23-15-14-22(17-26(23)32-25)29-27(31)16-9-19-7-5-4-6-8-19/h4-18H,1-3H3,(H,29,31). The molecular formula is C28H25NO3. The Bertz CT molecular complexity index is 1340. The van der Waals surface area contributed by atoms with Gasteiger partial charge in [-0.15, -0.1) is 0 Å². The van der Waals surface area contributed by atoms with Crippen LogP contribution in [0.2, 0.25) is 0 Å². The van der Waals surface area contributed by atoms with E-state index in [0.717, 1.165) is 11.1 Å². The van der Waals surface area contributed by atoms with E-state index in [2.05, 4.69) is 38.2 Å². The number of hydrogen-bond donors (Lipinski definition) is 1. The summed E-state index contributed by atoms with van der Waals surface area (Å²) >= 11 is 0. The Labute approximate surface area is 187 Å². The summed E-state index contributed by atoms with van der Waals surface area (Å²) in [6.45, 7) is 6.47. The van der Waals surface area contributed by atoms with Gasteiger partial charge in [0.05, 0.1) is 5.39 Å². The van der Waals surface area contributed by atoms with Crippen LogP contribution < -0.4 is 10.7 Å². The van der Waals surface area contributed by atoms with Crippen LogP contribution in [0.25, 0.3) is 28.4 Å². The maximum absolute atomic E-state index is 12.6. The molecule has 4 rings (SSSR count). The second kappa shape index (κ2) is 8.67. The zero-order valence-corrected chi connectivity index (χ0v) is 18.4. The highest BCUT2D eigenvalue weighted by atomic mass is 16.3. The molecule has 1 N–H and O–H groups in total. The molecule has 0 saturated carbocycles. The first-order valence-electron chi connectivity index (χ1n) is 10.5. The summed E-state index contributed by atoms with van der Waals surface area (Å²) in [5, 5.41) is 3.29. The Hall–Kier alpha value is -3.92. The Morgan fingerprint density at radius 1 is 0.906 bits per heavy atom. The molecule has 0 spiro atoms. The molecule has 1 aromatic heterocycles. The third-order valence-electron chi connectivity index (χ3n) is 5.26. The van der Waals surface area contributed by atoms with E-state index in [9.17, 15) is 9.59 Å². The zero-order chi connectivity index (χ0) is 22.7. The highest BCUT2D eigenvalue weighted by Gasteiger charge is 2.14. The van der Waals surface area contributed by atoms with Gasteiger partial charge in [-0.25, -0.2) is 0 Å². The average Bonchev–Trinajstić information content (AvgIpc) is 2.77. The zero-order valence-electron chi connectivity index (χ0n) is 18.4. The molecule has 3 aromatic carbocycles. The molecule has 0 fully saturated rings. The van der Waals surface area contributed by atoms with Crippen molar-refractivity contribution in [2.24, 2.45) is 0 Å². The van der Waals surface area contributed by atoms with E-state index >= 15 is 0 Å². The number of fused-ring (bicyclic) bond motifs is 1. The molecule has 0 saturated heterocycles. The number of anilines is 1. The number of nitrogens with one attached hydrogen (secondary N) is 1. The maximum atomic E-state index is 12.6. The van der Waals surface area contributed by atoms with Crippen LogP contribution in [0.15, 0.2) is 94.2 Å². The van der Waals surface area contributed by atoms with Crippen molar-refractivity contribution in [1.29, 1.82) is 0 Å². The molecule has 0 unspecified atom stereocenters. The predicted molar refractivity (Wildman–Crippen MR) is 131 cm³/mol. The van der Waals surface area contributed by atoms with Crippen LogP contribution in [-0.4, -0.2) is 5.91 Å². The van der Waals surface area contributed by atoms with Gasteiger partial charge in [0, 0.05) is 29.5 Å². The Balaban J connectivity index is 1.60. The van der Waals surface area contributed by atoms with Crippen LogP contribution >= 0.6 is 0 Å². The molecule has 4 nitrogen and oxygen atoms in total. The van der Waals surface area contributed by atoms with E-state index in [4.69, 9.17) is 4.42 Å². The maximum Gasteiger partial charge on any atom is 0.248 e. The van der Waals surface area contributed by atoms with Crippen LogP contribution in [0.4, 0.5) is 5.69 Å². The van der Waals surface area contributed by atoms with Crippen molar-refractivity contribution in [3.63, 3.8) is 0 Å². The molecule has 0 aliphatic rings. The summed E-state index contributed by atoms with van der Waals surface area (Å²) < 4.78 is 6.04. The quantitative estimate of drug-likeness (QED) is 0.386. The van der Waals surface area contributed by atoms with E-state index in [-0.39, 0.29) is 16.8 Å². The molecule has 0 bridgehead atoms. The molecule has 4 heteroatoms. The highest BCUT2D eigenvalue weighted by Crippen LogP contribution is 2.28. The van der Waals surface area contributed by atoms with Crippen molar-refractivity contribution in [2.45, 2.75) is 26.2 Å². The lowest BCUT2D eigenvalue weighted by molar-refractivity contribution is -0.111. The SMILES string of the molecule is CC(C)(C)c1ccc(-c2cc(=O)c3ccc(NC(=O)C=Cc4ccccc4)cc3o2)cc1. The van der Waals surface area contributed by atoms with Gasteiger partial charge in [0.1, 0.15) is 11.3 Å². The van der Waals surface area contributed by atoms with Crippen molar-refractivity contribution >= 4 is 28.6 Å². The van der Waals surface area contributed by atoms with Gasteiger partial charge in [0.2, 0.25) is 5.91 Å². The van der Waals surface area contributed by atoms with E-state index in [0.29, 0.717) is 22.4 Å². The summed E-state index contributed by atoms with van der Waals surface area (Å²) in [5.74, 6) is 0.236. The molecule has 160 valence electrons. The van der Waals surface area contributed by atoms with Gasteiger partial charge in [0.25, 0.3) is 0 Å². The lowest BCUT2D eigenvalue weighted by atomic mass is 9.86. The summed E-state index contributed by atoms with van der Waals surface area (Å²) in [5.41, 5.74) is 3.89. The summed E-state index contributed by atoms with van der Waals surface area (Å²) in [7, 11) is 0. The number of carbonyl (C=O) groups excluding carboxylic acids is 1. The van der Waals surface area contributed by atoms with Gasteiger partial charge < -0.3 is 9.73 Å². The first-order chi connectivity index (χ1) is 15.3. The van der Waals surface area contributed by atoms with Crippen molar-refractivity contribution in [2.75, 3.05) is 5.32 Å². The fraction of sp³-hybridized carbons (Fsp3) is 0.143. The monoisotopic (exact) mass is 423 g/mol. The minimum Gasteiger partial charge on any atom is -0.456 e. The van der Waals surface area contributed by atoms with Crippen LogP contribution in [0.1, 0.15) is 31.9 Å². The van der Waals surface area contributed by atoms with Crippen molar-refractivity contribution < 1.29 is 9.21 Å². The normalized spacial score (nSPS) is 11.7. The number of amides is 1. The second-order valence-electron chi connectivity index (χ2n) is 8.75. The molecule has 0 radical (unpaired) electrons. The number of hydrogen-bond acceptors (Lipinski definition) is 3. The lowest BCUT2D eigenvalue weighted by Crippen LogP contribution is -2.10. The third-order valence-corrected chi connectivity index (χ3v) is 5.26. The first kappa shape index (κ1) is 21.3. The number of carbonyl (C=O) groups is 1. The van der Waals surface area contributed by atoms with Gasteiger partial charge in [-0.05, 0) is 34.8 Å². The summed E-state index contributed by atoms with van der Waals surface area (Å²) in [6.07, 6.45) is 3.22. The van der Waals surface area contributed by atoms with Gasteiger partial charge in [0.15, 0.2) is 5.43 Å². The predicted octanol–water partition coefficient (Wildman–Crippen LogP) is 6.41. The van der Waals surface area contributed by atoms with E-state index in [1.165, 1.54) is 17.7 Å². The van der Waals surface area contributed by atoms with Crippen LogP contribution in [0.5, 0.6) is 0 Å². The molecular weight excluding hydrogens is 398 g/mol. The third kappa shape index (κ3) is 4.86. The largest absolute Gasteiger partial charge is 0.456 e. The van der Waals surface area contributed by atoms with Gasteiger partial charge in [-0.2, -0.15) is 0 Å². The van der Waals surface area contributed by atoms with E-state index < -0.39 is 0 Å². The fourth-order valence-electron chi connectivity index (χ4n) is 3.43. The second-order valence-corrected chi connectivity index (χ2v) is 8.75. The van der Waals surface area contributed by atoms with Crippen LogP contribution in [-0.2, 0) is 10.2 Å². The minimum atomic E-state index is -0.260. The van der Waals surface area contributed by atoms with Gasteiger partial charge in [-0.3, -0.25) is 9.59 Å². The van der Waals surface area contributed by atoms with Gasteiger partial charge >= 0.3 is 0 Å². The van der Waals surface area contributed by atoms with E-state index in [1.807, 2.05) is 42.5 Å². The summed E-state index contributed by atoms with van der Waals surface area (Å²) in [4.78, 5) is 24.9. The smallest absolute Gasteiger partial charge is 0.248 e. The minimum absolute atomic E-state index is 0.0464. The molecule has 4 aromatic rings.